The van der Waals surface area contributed by atoms with E-state index >= 15 is 0 Å². The highest BCUT2D eigenvalue weighted by Crippen LogP contribution is 2.36. The number of fused-ring (bicyclic) bond motifs is 1. The van der Waals surface area contributed by atoms with E-state index in [9.17, 15) is 4.79 Å². The molecule has 0 aromatic heterocycles. The molecular formula is C14H21N3O2. The average Bonchev–Trinajstić information content (AvgIpc) is 2.38. The van der Waals surface area contributed by atoms with Crippen LogP contribution in [0.2, 0.25) is 0 Å². The Hall–Kier alpha value is -1.59. The molecule has 2 unspecified atom stereocenters. The van der Waals surface area contributed by atoms with E-state index in [1.807, 2.05) is 32.0 Å². The highest BCUT2D eigenvalue weighted by molar-refractivity contribution is 5.97. The Bertz CT molecular complexity index is 499. The quantitative estimate of drug-likeness (QED) is 0.768. The lowest BCUT2D eigenvalue weighted by Crippen LogP contribution is -2.37. The molecule has 2 atom stereocenters. The molecule has 0 saturated heterocycles. The van der Waals surface area contributed by atoms with E-state index in [0.717, 1.165) is 5.56 Å². The van der Waals surface area contributed by atoms with E-state index in [-0.39, 0.29) is 17.4 Å². The van der Waals surface area contributed by atoms with Crippen LogP contribution in [-0.2, 0) is 4.79 Å². The van der Waals surface area contributed by atoms with Gasteiger partial charge in [-0.05, 0) is 36.6 Å². The monoisotopic (exact) mass is 263 g/mol. The van der Waals surface area contributed by atoms with Crippen molar-refractivity contribution in [3.63, 3.8) is 0 Å². The van der Waals surface area contributed by atoms with Crippen LogP contribution < -0.4 is 21.5 Å². The molecule has 19 heavy (non-hydrogen) atoms. The van der Waals surface area contributed by atoms with E-state index < -0.39 is 6.10 Å². The van der Waals surface area contributed by atoms with Crippen molar-refractivity contribution >= 4 is 11.6 Å². The molecule has 0 aliphatic carbocycles. The number of anilines is 1. The van der Waals surface area contributed by atoms with Crippen LogP contribution in [0.5, 0.6) is 5.75 Å². The van der Waals surface area contributed by atoms with Crippen molar-refractivity contribution in [1.29, 1.82) is 0 Å². The zero-order valence-electron chi connectivity index (χ0n) is 11.6. The minimum atomic E-state index is -0.465. The number of amides is 1. The maximum Gasteiger partial charge on any atom is 0.265 e. The van der Waals surface area contributed by atoms with Gasteiger partial charge in [-0.2, -0.15) is 0 Å². The SMILES string of the molecule is CC1Oc2ccc(C(N)C(C)(C)CN)cc2NC1=O. The fourth-order valence-electron chi connectivity index (χ4n) is 2.00. The molecule has 5 heteroatoms. The molecule has 1 aromatic carbocycles. The number of nitrogens with two attached hydrogens (primary N) is 2. The van der Waals surface area contributed by atoms with Crippen LogP contribution in [0.4, 0.5) is 5.69 Å². The first-order valence-corrected chi connectivity index (χ1v) is 6.42. The first-order chi connectivity index (χ1) is 8.85. The van der Waals surface area contributed by atoms with Crippen LogP contribution in [0.3, 0.4) is 0 Å². The van der Waals surface area contributed by atoms with Crippen molar-refractivity contribution in [2.75, 3.05) is 11.9 Å². The largest absolute Gasteiger partial charge is 0.479 e. The molecule has 0 bridgehead atoms. The summed E-state index contributed by atoms with van der Waals surface area (Å²) in [6.07, 6.45) is -0.465. The summed E-state index contributed by atoms with van der Waals surface area (Å²) >= 11 is 0. The molecule has 1 aliphatic heterocycles. The highest BCUT2D eigenvalue weighted by Gasteiger charge is 2.29. The number of ether oxygens (including phenoxy) is 1. The predicted molar refractivity (Wildman–Crippen MR) is 74.9 cm³/mol. The second kappa shape index (κ2) is 4.83. The highest BCUT2D eigenvalue weighted by atomic mass is 16.5. The lowest BCUT2D eigenvalue weighted by Gasteiger charge is -2.31. The van der Waals surface area contributed by atoms with Crippen LogP contribution >= 0.6 is 0 Å². The summed E-state index contributed by atoms with van der Waals surface area (Å²) in [5.41, 5.74) is 13.4. The summed E-state index contributed by atoms with van der Waals surface area (Å²) in [6.45, 7) is 6.25. The molecule has 0 fully saturated rings. The fourth-order valence-corrected chi connectivity index (χ4v) is 2.00. The molecule has 0 spiro atoms. The molecule has 1 heterocycles. The molecule has 5 N–H and O–H groups in total. The Labute approximate surface area is 113 Å². The first kappa shape index (κ1) is 13.8. The second-order valence-corrected chi connectivity index (χ2v) is 5.68. The van der Waals surface area contributed by atoms with Gasteiger partial charge in [-0.3, -0.25) is 4.79 Å². The summed E-state index contributed by atoms with van der Waals surface area (Å²) in [7, 11) is 0. The molecule has 1 aromatic rings. The zero-order chi connectivity index (χ0) is 14.2. The third-order valence-corrected chi connectivity index (χ3v) is 3.66. The van der Waals surface area contributed by atoms with Gasteiger partial charge in [-0.25, -0.2) is 0 Å². The van der Waals surface area contributed by atoms with Gasteiger partial charge in [-0.15, -0.1) is 0 Å². The predicted octanol–water partition coefficient (Wildman–Crippen LogP) is 1.39. The standard InChI is InChI=1S/C14H21N3O2/c1-8-13(18)17-10-6-9(4-5-11(10)19-8)12(16)14(2,3)7-15/h4-6,8,12H,7,15-16H2,1-3H3,(H,17,18). The van der Waals surface area contributed by atoms with Crippen LogP contribution in [0.1, 0.15) is 32.4 Å². The van der Waals surface area contributed by atoms with Crippen LogP contribution in [0.15, 0.2) is 18.2 Å². The minimum absolute atomic E-state index is 0.142. The Kier molecular flexibility index (Phi) is 3.52. The van der Waals surface area contributed by atoms with Gasteiger partial charge in [0, 0.05) is 6.04 Å². The van der Waals surface area contributed by atoms with Crippen LogP contribution in [0.25, 0.3) is 0 Å². The van der Waals surface area contributed by atoms with Crippen molar-refractivity contribution in [1.82, 2.24) is 0 Å². The van der Waals surface area contributed by atoms with Crippen molar-refractivity contribution in [3.05, 3.63) is 23.8 Å². The lowest BCUT2D eigenvalue weighted by molar-refractivity contribution is -0.122. The van der Waals surface area contributed by atoms with E-state index in [1.165, 1.54) is 0 Å². The van der Waals surface area contributed by atoms with E-state index in [0.29, 0.717) is 18.0 Å². The summed E-state index contributed by atoms with van der Waals surface area (Å²) in [4.78, 5) is 11.6. The van der Waals surface area contributed by atoms with E-state index in [1.54, 1.807) is 6.92 Å². The molecule has 0 saturated carbocycles. The molecule has 104 valence electrons. The van der Waals surface area contributed by atoms with Gasteiger partial charge >= 0.3 is 0 Å². The Morgan fingerprint density at radius 1 is 1.47 bits per heavy atom. The second-order valence-electron chi connectivity index (χ2n) is 5.68. The van der Waals surface area contributed by atoms with Crippen molar-refractivity contribution in [2.45, 2.75) is 32.9 Å². The molecule has 2 rings (SSSR count). The van der Waals surface area contributed by atoms with Gasteiger partial charge in [0.1, 0.15) is 5.75 Å². The molecule has 1 amide bonds. The van der Waals surface area contributed by atoms with Crippen molar-refractivity contribution in [2.24, 2.45) is 16.9 Å². The van der Waals surface area contributed by atoms with Crippen molar-refractivity contribution in [3.8, 4) is 5.75 Å². The molecule has 5 nitrogen and oxygen atoms in total. The molecule has 1 aliphatic rings. The Balaban J connectivity index is 2.32. The number of rotatable bonds is 3. The van der Waals surface area contributed by atoms with Crippen LogP contribution in [0, 0.1) is 5.41 Å². The van der Waals surface area contributed by atoms with Gasteiger partial charge in [0.15, 0.2) is 6.10 Å². The third-order valence-electron chi connectivity index (χ3n) is 3.66. The summed E-state index contributed by atoms with van der Waals surface area (Å²) in [5.74, 6) is 0.532. The summed E-state index contributed by atoms with van der Waals surface area (Å²) in [5, 5.41) is 2.82. The smallest absolute Gasteiger partial charge is 0.265 e. The minimum Gasteiger partial charge on any atom is -0.479 e. The number of hydrogen-bond acceptors (Lipinski definition) is 4. The number of carbonyl (C=O) groups is 1. The third kappa shape index (κ3) is 2.57. The average molecular weight is 263 g/mol. The number of hydrogen-bond donors (Lipinski definition) is 3. The van der Waals surface area contributed by atoms with E-state index in [2.05, 4.69) is 5.32 Å². The number of benzene rings is 1. The van der Waals surface area contributed by atoms with Crippen LogP contribution in [-0.4, -0.2) is 18.6 Å². The number of carbonyl (C=O) groups excluding carboxylic acids is 1. The summed E-state index contributed by atoms with van der Waals surface area (Å²) < 4.78 is 5.51. The molecule has 0 radical (unpaired) electrons. The Morgan fingerprint density at radius 2 is 2.16 bits per heavy atom. The van der Waals surface area contributed by atoms with Gasteiger partial charge in [0.25, 0.3) is 5.91 Å². The lowest BCUT2D eigenvalue weighted by atomic mass is 9.81. The maximum atomic E-state index is 11.6. The Morgan fingerprint density at radius 3 is 2.79 bits per heavy atom. The first-order valence-electron chi connectivity index (χ1n) is 6.42. The van der Waals surface area contributed by atoms with Crippen molar-refractivity contribution < 1.29 is 9.53 Å². The fraction of sp³-hybridized carbons (Fsp3) is 0.500. The summed E-state index contributed by atoms with van der Waals surface area (Å²) in [6, 6.07) is 5.43. The topological polar surface area (TPSA) is 90.4 Å². The molecular weight excluding hydrogens is 242 g/mol. The zero-order valence-corrected chi connectivity index (χ0v) is 11.6. The van der Waals surface area contributed by atoms with Gasteiger partial charge < -0.3 is 21.5 Å². The van der Waals surface area contributed by atoms with Gasteiger partial charge in [0.2, 0.25) is 0 Å². The number of nitrogens with one attached hydrogen (secondary N) is 1. The normalized spacial score (nSPS) is 20.3. The van der Waals surface area contributed by atoms with Gasteiger partial charge in [-0.1, -0.05) is 19.9 Å². The van der Waals surface area contributed by atoms with Gasteiger partial charge in [0.05, 0.1) is 5.69 Å². The van der Waals surface area contributed by atoms with E-state index in [4.69, 9.17) is 16.2 Å². The maximum absolute atomic E-state index is 11.6.